The second-order valence-electron chi connectivity index (χ2n) is 5.79. The lowest BCUT2D eigenvalue weighted by Crippen LogP contribution is -2.21. The Bertz CT molecular complexity index is 829. The van der Waals surface area contributed by atoms with Crippen LogP contribution in [0.15, 0.2) is 36.4 Å². The van der Waals surface area contributed by atoms with Crippen molar-refractivity contribution in [3.8, 4) is 11.5 Å². The van der Waals surface area contributed by atoms with Crippen LogP contribution in [0.25, 0.3) is 0 Å². The molecule has 0 aliphatic heterocycles. The van der Waals surface area contributed by atoms with E-state index in [2.05, 4.69) is 0 Å². The van der Waals surface area contributed by atoms with Crippen LogP contribution in [0.1, 0.15) is 16.7 Å². The van der Waals surface area contributed by atoms with Crippen molar-refractivity contribution in [1.29, 1.82) is 0 Å². The van der Waals surface area contributed by atoms with Gasteiger partial charge in [0.2, 0.25) is 0 Å². The van der Waals surface area contributed by atoms with Gasteiger partial charge in [0.05, 0.1) is 18.2 Å². The van der Waals surface area contributed by atoms with E-state index in [1.165, 1.54) is 13.2 Å². The number of carbonyl (C=O) groups excluding carboxylic acids is 1. The summed E-state index contributed by atoms with van der Waals surface area (Å²) in [5.74, 6) is -0.412. The number of ether oxygens (including phenoxy) is 2. The van der Waals surface area contributed by atoms with Crippen LogP contribution in [-0.2, 0) is 17.1 Å². The minimum Gasteiger partial charge on any atom is -0.493 e. The SMILES string of the molecule is COc1cc(C)ccc1OCC(=O)Nc1cc(C(F)(F)F)cc(C(F)(F)F)c1. The Kier molecular flexibility index (Phi) is 6.10. The zero-order valence-electron chi connectivity index (χ0n) is 14.7. The maximum absolute atomic E-state index is 12.8. The highest BCUT2D eigenvalue weighted by atomic mass is 19.4. The lowest BCUT2D eigenvalue weighted by atomic mass is 10.1. The first-order valence-electron chi connectivity index (χ1n) is 7.77. The maximum atomic E-state index is 12.8. The average molecular weight is 407 g/mol. The predicted octanol–water partition coefficient (Wildman–Crippen LogP) is 5.06. The van der Waals surface area contributed by atoms with E-state index in [0.717, 1.165) is 5.56 Å². The van der Waals surface area contributed by atoms with Crippen LogP contribution in [0.4, 0.5) is 32.0 Å². The number of hydrogen-bond acceptors (Lipinski definition) is 3. The van der Waals surface area contributed by atoms with Crippen LogP contribution in [0.3, 0.4) is 0 Å². The van der Waals surface area contributed by atoms with Crippen LogP contribution in [0.2, 0.25) is 0 Å². The molecular weight excluding hydrogens is 392 g/mol. The van der Waals surface area contributed by atoms with Crippen molar-refractivity contribution in [1.82, 2.24) is 0 Å². The van der Waals surface area contributed by atoms with E-state index in [4.69, 9.17) is 9.47 Å². The second kappa shape index (κ2) is 7.99. The van der Waals surface area contributed by atoms with Gasteiger partial charge in [-0.2, -0.15) is 26.3 Å². The molecule has 10 heteroatoms. The van der Waals surface area contributed by atoms with Gasteiger partial charge in [0.15, 0.2) is 18.1 Å². The number of hydrogen-bond donors (Lipinski definition) is 1. The van der Waals surface area contributed by atoms with Crippen LogP contribution < -0.4 is 14.8 Å². The third kappa shape index (κ3) is 5.54. The molecule has 0 bridgehead atoms. The number of alkyl halides is 6. The van der Waals surface area contributed by atoms with Crippen molar-refractivity contribution >= 4 is 11.6 Å². The first-order chi connectivity index (χ1) is 12.9. The number of nitrogens with one attached hydrogen (secondary N) is 1. The van der Waals surface area contributed by atoms with Gasteiger partial charge < -0.3 is 14.8 Å². The number of halogens is 6. The second-order valence-corrected chi connectivity index (χ2v) is 5.79. The molecule has 0 heterocycles. The molecule has 28 heavy (non-hydrogen) atoms. The van der Waals surface area contributed by atoms with Crippen LogP contribution in [-0.4, -0.2) is 19.6 Å². The Balaban J connectivity index is 2.17. The molecule has 0 aliphatic rings. The quantitative estimate of drug-likeness (QED) is 0.705. The number of anilines is 1. The Morgan fingerprint density at radius 1 is 0.929 bits per heavy atom. The van der Waals surface area contributed by atoms with Gasteiger partial charge in [0.25, 0.3) is 5.91 Å². The molecule has 2 rings (SSSR count). The zero-order valence-corrected chi connectivity index (χ0v) is 14.7. The third-order valence-corrected chi connectivity index (χ3v) is 3.55. The number of aryl methyl sites for hydroxylation is 1. The summed E-state index contributed by atoms with van der Waals surface area (Å²) in [6.45, 7) is 1.15. The highest BCUT2D eigenvalue weighted by Crippen LogP contribution is 2.37. The fourth-order valence-corrected chi connectivity index (χ4v) is 2.26. The summed E-state index contributed by atoms with van der Waals surface area (Å²) < 4.78 is 87.3. The summed E-state index contributed by atoms with van der Waals surface area (Å²) in [5.41, 5.74) is -2.85. The topological polar surface area (TPSA) is 47.6 Å². The first-order valence-corrected chi connectivity index (χ1v) is 7.77. The zero-order chi connectivity index (χ0) is 21.1. The lowest BCUT2D eigenvalue weighted by molar-refractivity contribution is -0.143. The number of carbonyl (C=O) groups is 1. The van der Waals surface area contributed by atoms with Crippen LogP contribution >= 0.6 is 0 Å². The van der Waals surface area contributed by atoms with E-state index in [1.54, 1.807) is 19.1 Å². The fourth-order valence-electron chi connectivity index (χ4n) is 2.26. The number of rotatable bonds is 5. The molecular formula is C18H15F6NO3. The molecule has 152 valence electrons. The molecule has 0 aromatic heterocycles. The molecule has 0 atom stereocenters. The normalized spacial score (nSPS) is 11.9. The van der Waals surface area contributed by atoms with Gasteiger partial charge in [0, 0.05) is 5.69 Å². The van der Waals surface area contributed by atoms with Crippen molar-refractivity contribution in [2.45, 2.75) is 19.3 Å². The van der Waals surface area contributed by atoms with Gasteiger partial charge in [-0.1, -0.05) is 6.07 Å². The molecule has 0 aliphatic carbocycles. The average Bonchev–Trinajstić information content (AvgIpc) is 2.58. The summed E-state index contributed by atoms with van der Waals surface area (Å²) in [6, 6.07) is 5.64. The van der Waals surface area contributed by atoms with Crippen molar-refractivity contribution < 1.29 is 40.6 Å². The van der Waals surface area contributed by atoms with E-state index in [-0.39, 0.29) is 11.8 Å². The summed E-state index contributed by atoms with van der Waals surface area (Å²) in [5, 5.41) is 1.98. The molecule has 0 saturated carbocycles. The molecule has 0 spiro atoms. The lowest BCUT2D eigenvalue weighted by Gasteiger charge is -2.15. The van der Waals surface area contributed by atoms with E-state index < -0.39 is 41.7 Å². The van der Waals surface area contributed by atoms with Crippen LogP contribution in [0, 0.1) is 6.92 Å². The van der Waals surface area contributed by atoms with E-state index in [1.807, 2.05) is 5.32 Å². The maximum Gasteiger partial charge on any atom is 0.416 e. The Hall–Kier alpha value is -2.91. The van der Waals surface area contributed by atoms with Crippen molar-refractivity contribution in [2.24, 2.45) is 0 Å². The summed E-state index contributed by atoms with van der Waals surface area (Å²) in [4.78, 5) is 11.9. The van der Waals surface area contributed by atoms with Crippen molar-refractivity contribution in [3.63, 3.8) is 0 Å². The molecule has 2 aromatic carbocycles. The Labute approximate surface area is 156 Å². The molecule has 0 fully saturated rings. The Morgan fingerprint density at radius 2 is 1.50 bits per heavy atom. The fraction of sp³-hybridized carbons (Fsp3) is 0.278. The molecule has 0 saturated heterocycles. The smallest absolute Gasteiger partial charge is 0.416 e. The summed E-state index contributed by atoms with van der Waals surface area (Å²) in [7, 11) is 1.38. The van der Waals surface area contributed by atoms with Gasteiger partial charge in [-0.25, -0.2) is 0 Å². The molecule has 0 unspecified atom stereocenters. The third-order valence-electron chi connectivity index (χ3n) is 3.55. The molecule has 0 radical (unpaired) electrons. The van der Waals surface area contributed by atoms with Gasteiger partial charge in [-0.3, -0.25) is 4.79 Å². The number of amides is 1. The molecule has 2 aromatic rings. The van der Waals surface area contributed by atoms with Crippen LogP contribution in [0.5, 0.6) is 11.5 Å². The minimum atomic E-state index is -5.01. The highest BCUT2D eigenvalue weighted by molar-refractivity contribution is 5.92. The largest absolute Gasteiger partial charge is 0.493 e. The molecule has 1 amide bonds. The number of benzene rings is 2. The molecule has 4 nitrogen and oxygen atoms in total. The van der Waals surface area contributed by atoms with Crippen molar-refractivity contribution in [2.75, 3.05) is 19.0 Å². The number of methoxy groups -OCH3 is 1. The first kappa shape index (κ1) is 21.4. The van der Waals surface area contributed by atoms with E-state index >= 15 is 0 Å². The van der Waals surface area contributed by atoms with Gasteiger partial charge >= 0.3 is 12.4 Å². The van der Waals surface area contributed by atoms with E-state index in [0.29, 0.717) is 17.9 Å². The Morgan fingerprint density at radius 3 is 2.00 bits per heavy atom. The summed E-state index contributed by atoms with van der Waals surface area (Å²) in [6.07, 6.45) is -10.0. The monoisotopic (exact) mass is 407 g/mol. The standard InChI is InChI=1S/C18H15F6NO3/c1-10-3-4-14(15(5-10)27-2)28-9-16(26)25-13-7-11(17(19,20)21)6-12(8-13)18(22,23)24/h3-8H,9H2,1-2H3,(H,25,26). The highest BCUT2D eigenvalue weighted by Gasteiger charge is 2.37. The van der Waals surface area contributed by atoms with Gasteiger partial charge in [-0.15, -0.1) is 0 Å². The van der Waals surface area contributed by atoms with Crippen molar-refractivity contribution in [3.05, 3.63) is 53.1 Å². The molecule has 1 N–H and O–H groups in total. The minimum absolute atomic E-state index is 0.0245. The summed E-state index contributed by atoms with van der Waals surface area (Å²) >= 11 is 0. The van der Waals surface area contributed by atoms with E-state index in [9.17, 15) is 31.1 Å². The van der Waals surface area contributed by atoms with Gasteiger partial charge in [0.1, 0.15) is 0 Å². The van der Waals surface area contributed by atoms with Gasteiger partial charge in [-0.05, 0) is 42.8 Å². The predicted molar refractivity (Wildman–Crippen MR) is 88.3 cm³/mol.